The Balaban J connectivity index is 2.29. The summed E-state index contributed by atoms with van der Waals surface area (Å²) in [4.78, 5) is 13.9. The molecule has 1 aliphatic rings. The molecule has 0 atom stereocenters. The first-order valence-electron chi connectivity index (χ1n) is 5.56. The Bertz CT molecular complexity index is 442. The van der Waals surface area contributed by atoms with Crippen molar-refractivity contribution >= 4 is 17.3 Å². The van der Waals surface area contributed by atoms with Crippen LogP contribution in [-0.4, -0.2) is 47.7 Å². The van der Waals surface area contributed by atoms with Gasteiger partial charge in [-0.15, -0.1) is 0 Å². The first-order valence-corrected chi connectivity index (χ1v) is 5.94. The number of hydrogen-bond donors (Lipinski definition) is 2. The molecule has 0 aromatic carbocycles. The van der Waals surface area contributed by atoms with Crippen LogP contribution in [0, 0.1) is 0 Å². The third-order valence-electron chi connectivity index (χ3n) is 2.74. The SMILES string of the molecule is O=c1c(Cl)c(N2CCNCC2)cnn1CCO. The van der Waals surface area contributed by atoms with E-state index in [1.165, 1.54) is 4.68 Å². The highest BCUT2D eigenvalue weighted by Crippen LogP contribution is 2.20. The Hall–Kier alpha value is -1.11. The van der Waals surface area contributed by atoms with Crippen LogP contribution in [-0.2, 0) is 6.54 Å². The monoisotopic (exact) mass is 258 g/mol. The molecule has 1 aromatic heterocycles. The molecule has 0 aliphatic carbocycles. The van der Waals surface area contributed by atoms with E-state index in [0.29, 0.717) is 5.69 Å². The van der Waals surface area contributed by atoms with Gasteiger partial charge < -0.3 is 15.3 Å². The molecule has 0 spiro atoms. The quantitative estimate of drug-likeness (QED) is 0.750. The number of nitrogens with one attached hydrogen (secondary N) is 1. The highest BCUT2D eigenvalue weighted by atomic mass is 35.5. The molecule has 1 fully saturated rings. The molecule has 0 unspecified atom stereocenters. The Kier molecular flexibility index (Phi) is 3.98. The number of aliphatic hydroxyl groups is 1. The number of aromatic nitrogens is 2. The molecule has 7 heteroatoms. The van der Waals surface area contributed by atoms with Gasteiger partial charge in [-0.2, -0.15) is 5.10 Å². The number of hydrogen-bond acceptors (Lipinski definition) is 5. The second kappa shape index (κ2) is 5.48. The molecule has 2 N–H and O–H groups in total. The van der Waals surface area contributed by atoms with E-state index in [1.54, 1.807) is 6.20 Å². The van der Waals surface area contributed by atoms with E-state index in [1.807, 2.05) is 4.90 Å². The predicted molar refractivity (Wildman–Crippen MR) is 65.7 cm³/mol. The Labute approximate surface area is 104 Å². The molecule has 0 amide bonds. The molecule has 2 rings (SSSR count). The zero-order valence-electron chi connectivity index (χ0n) is 9.40. The minimum Gasteiger partial charge on any atom is -0.394 e. The Morgan fingerprint density at radius 3 is 2.82 bits per heavy atom. The Morgan fingerprint density at radius 1 is 1.47 bits per heavy atom. The van der Waals surface area contributed by atoms with Crippen LogP contribution in [0.3, 0.4) is 0 Å². The number of anilines is 1. The average molecular weight is 259 g/mol. The third-order valence-corrected chi connectivity index (χ3v) is 3.09. The van der Waals surface area contributed by atoms with Crippen LogP contribution in [0.4, 0.5) is 5.69 Å². The highest BCUT2D eigenvalue weighted by molar-refractivity contribution is 6.33. The van der Waals surface area contributed by atoms with Gasteiger partial charge in [-0.1, -0.05) is 11.6 Å². The maximum Gasteiger partial charge on any atom is 0.287 e. The lowest BCUT2D eigenvalue weighted by Crippen LogP contribution is -2.44. The van der Waals surface area contributed by atoms with Gasteiger partial charge in [0.25, 0.3) is 5.56 Å². The van der Waals surface area contributed by atoms with Gasteiger partial charge in [-0.3, -0.25) is 4.79 Å². The molecule has 1 aromatic rings. The summed E-state index contributed by atoms with van der Waals surface area (Å²) in [5.74, 6) is 0. The van der Waals surface area contributed by atoms with E-state index in [-0.39, 0.29) is 23.7 Å². The summed E-state index contributed by atoms with van der Waals surface area (Å²) in [6.07, 6.45) is 1.59. The van der Waals surface area contributed by atoms with E-state index in [0.717, 1.165) is 26.2 Å². The van der Waals surface area contributed by atoms with Crippen molar-refractivity contribution in [2.45, 2.75) is 6.54 Å². The second-order valence-corrected chi connectivity index (χ2v) is 4.21. The molecule has 1 saturated heterocycles. The smallest absolute Gasteiger partial charge is 0.287 e. The van der Waals surface area contributed by atoms with Crippen molar-refractivity contribution in [3.8, 4) is 0 Å². The minimum absolute atomic E-state index is 0.129. The van der Waals surface area contributed by atoms with Crippen molar-refractivity contribution in [2.75, 3.05) is 37.7 Å². The fourth-order valence-electron chi connectivity index (χ4n) is 1.84. The van der Waals surface area contributed by atoms with E-state index < -0.39 is 0 Å². The maximum absolute atomic E-state index is 11.8. The molecule has 17 heavy (non-hydrogen) atoms. The second-order valence-electron chi connectivity index (χ2n) is 3.83. The van der Waals surface area contributed by atoms with Crippen LogP contribution in [0.5, 0.6) is 0 Å². The summed E-state index contributed by atoms with van der Waals surface area (Å²) in [6, 6.07) is 0. The fraction of sp³-hybridized carbons (Fsp3) is 0.600. The molecule has 0 saturated carbocycles. The molecular weight excluding hydrogens is 244 g/mol. The van der Waals surface area contributed by atoms with E-state index in [2.05, 4.69) is 10.4 Å². The van der Waals surface area contributed by atoms with E-state index >= 15 is 0 Å². The van der Waals surface area contributed by atoms with Gasteiger partial charge in [0.05, 0.1) is 25.0 Å². The van der Waals surface area contributed by atoms with Gasteiger partial charge >= 0.3 is 0 Å². The van der Waals surface area contributed by atoms with Gasteiger partial charge in [0.2, 0.25) is 0 Å². The van der Waals surface area contributed by atoms with Gasteiger partial charge in [-0.25, -0.2) is 4.68 Å². The lowest BCUT2D eigenvalue weighted by atomic mass is 10.3. The molecule has 2 heterocycles. The third kappa shape index (κ3) is 2.59. The summed E-state index contributed by atoms with van der Waals surface area (Å²) in [5, 5.41) is 16.2. The maximum atomic E-state index is 11.8. The first kappa shape index (κ1) is 12.3. The van der Waals surface area contributed by atoms with Crippen LogP contribution in [0.1, 0.15) is 0 Å². The van der Waals surface area contributed by atoms with Gasteiger partial charge in [-0.05, 0) is 0 Å². The molecular formula is C10H15ClN4O2. The van der Waals surface area contributed by atoms with E-state index in [9.17, 15) is 4.79 Å². The van der Waals surface area contributed by atoms with Crippen molar-refractivity contribution in [2.24, 2.45) is 0 Å². The number of nitrogens with zero attached hydrogens (tertiary/aromatic N) is 3. The standard InChI is InChI=1S/C10H15ClN4O2/c11-9-8(14-3-1-12-2-4-14)7-13-15(5-6-16)10(9)17/h7,12,16H,1-6H2. The highest BCUT2D eigenvalue weighted by Gasteiger charge is 2.17. The van der Waals surface area contributed by atoms with Crippen molar-refractivity contribution < 1.29 is 5.11 Å². The molecule has 6 nitrogen and oxygen atoms in total. The lowest BCUT2D eigenvalue weighted by molar-refractivity contribution is 0.266. The summed E-state index contributed by atoms with van der Waals surface area (Å²) < 4.78 is 1.17. The molecule has 0 radical (unpaired) electrons. The van der Waals surface area contributed by atoms with Crippen molar-refractivity contribution in [1.82, 2.24) is 15.1 Å². The van der Waals surface area contributed by atoms with Crippen LogP contribution >= 0.6 is 11.6 Å². The van der Waals surface area contributed by atoms with Crippen molar-refractivity contribution in [3.63, 3.8) is 0 Å². The predicted octanol–water partition coefficient (Wildman–Crippen LogP) is -0.701. The van der Waals surface area contributed by atoms with E-state index in [4.69, 9.17) is 16.7 Å². The van der Waals surface area contributed by atoms with Gasteiger partial charge in [0, 0.05) is 26.2 Å². The Morgan fingerprint density at radius 2 is 2.18 bits per heavy atom. The van der Waals surface area contributed by atoms with Crippen LogP contribution in [0.25, 0.3) is 0 Å². The summed E-state index contributed by atoms with van der Waals surface area (Å²) in [6.45, 7) is 3.40. The van der Waals surface area contributed by atoms with Gasteiger partial charge in [0.1, 0.15) is 5.02 Å². The van der Waals surface area contributed by atoms with Crippen molar-refractivity contribution in [1.29, 1.82) is 0 Å². The largest absolute Gasteiger partial charge is 0.394 e. The lowest BCUT2D eigenvalue weighted by Gasteiger charge is -2.29. The van der Waals surface area contributed by atoms with Gasteiger partial charge in [0.15, 0.2) is 0 Å². The molecule has 0 bridgehead atoms. The average Bonchev–Trinajstić information content (AvgIpc) is 2.36. The molecule has 1 aliphatic heterocycles. The summed E-state index contributed by atoms with van der Waals surface area (Å²) in [7, 11) is 0. The normalized spacial score (nSPS) is 16.2. The summed E-state index contributed by atoms with van der Waals surface area (Å²) in [5.41, 5.74) is 0.323. The topological polar surface area (TPSA) is 70.4 Å². The van der Waals surface area contributed by atoms with Crippen LogP contribution in [0.2, 0.25) is 5.02 Å². The number of piperazine rings is 1. The number of halogens is 1. The van der Waals surface area contributed by atoms with Crippen LogP contribution in [0.15, 0.2) is 11.0 Å². The fourth-order valence-corrected chi connectivity index (χ4v) is 2.10. The summed E-state index contributed by atoms with van der Waals surface area (Å²) >= 11 is 6.05. The first-order chi connectivity index (χ1) is 8.24. The minimum atomic E-state index is -0.350. The van der Waals surface area contributed by atoms with Crippen molar-refractivity contribution in [3.05, 3.63) is 21.6 Å². The zero-order chi connectivity index (χ0) is 12.3. The van der Waals surface area contributed by atoms with Crippen LogP contribution < -0.4 is 15.8 Å². The number of rotatable bonds is 3. The number of aliphatic hydroxyl groups excluding tert-OH is 1. The zero-order valence-corrected chi connectivity index (χ0v) is 10.2. The molecule has 94 valence electrons.